The van der Waals surface area contributed by atoms with Crippen molar-refractivity contribution in [3.8, 4) is 11.5 Å². The zero-order chi connectivity index (χ0) is 16.8. The highest BCUT2D eigenvalue weighted by Crippen LogP contribution is 2.30. The molecule has 0 saturated heterocycles. The lowest BCUT2D eigenvalue weighted by Gasteiger charge is -2.09. The number of benzene rings is 2. The molecule has 0 aromatic heterocycles. The van der Waals surface area contributed by atoms with E-state index in [1.807, 2.05) is 30.3 Å². The lowest BCUT2D eigenvalue weighted by molar-refractivity contribution is 0.297. The number of hydrogen-bond acceptors (Lipinski definition) is 3. The van der Waals surface area contributed by atoms with E-state index < -0.39 is 0 Å². The van der Waals surface area contributed by atoms with Gasteiger partial charge in [-0.3, -0.25) is 0 Å². The van der Waals surface area contributed by atoms with E-state index in [1.165, 1.54) is 5.56 Å². The predicted molar refractivity (Wildman–Crippen MR) is 96.8 cm³/mol. The Morgan fingerprint density at radius 1 is 1.04 bits per heavy atom. The molecule has 2 aromatic rings. The minimum absolute atomic E-state index is 0.395. The van der Waals surface area contributed by atoms with Crippen molar-refractivity contribution in [1.29, 1.82) is 0 Å². The van der Waals surface area contributed by atoms with Crippen LogP contribution in [-0.4, -0.2) is 19.2 Å². The molecule has 126 valence electrons. The third-order valence-corrected chi connectivity index (χ3v) is 3.88. The maximum Gasteiger partial charge on any atom is 0.193 e. The Balaban J connectivity index is 1.62. The first-order chi connectivity index (χ1) is 11.7. The first-order valence-corrected chi connectivity index (χ1v) is 8.29. The first-order valence-electron chi connectivity index (χ1n) is 8.29. The summed E-state index contributed by atoms with van der Waals surface area (Å²) in [5.74, 6) is 1.97. The Kier molecular flexibility index (Phi) is 5.21. The van der Waals surface area contributed by atoms with Gasteiger partial charge in [-0.2, -0.15) is 0 Å². The summed E-state index contributed by atoms with van der Waals surface area (Å²) in [5, 5.41) is 3.11. The third kappa shape index (κ3) is 4.19. The maximum atomic E-state index is 5.97. The zero-order valence-electron chi connectivity index (χ0n) is 13.9. The standard InChI is InChI=1S/C19H23N3O2/c1-2-14-4-7-16(8-5-14)22-19(20)21-13-15-6-9-17-18(12-15)24-11-3-10-23-17/h4-9,12H,2-3,10-11,13H2,1H3,(H3,20,21,22). The van der Waals surface area contributed by atoms with Gasteiger partial charge in [0.05, 0.1) is 19.8 Å². The van der Waals surface area contributed by atoms with E-state index >= 15 is 0 Å². The van der Waals surface area contributed by atoms with E-state index in [2.05, 4.69) is 29.4 Å². The third-order valence-electron chi connectivity index (χ3n) is 3.88. The van der Waals surface area contributed by atoms with Gasteiger partial charge >= 0.3 is 0 Å². The fourth-order valence-corrected chi connectivity index (χ4v) is 2.49. The van der Waals surface area contributed by atoms with Gasteiger partial charge in [0.25, 0.3) is 0 Å². The molecule has 0 unspecified atom stereocenters. The molecule has 0 spiro atoms. The van der Waals surface area contributed by atoms with Crippen LogP contribution < -0.4 is 20.5 Å². The second-order valence-electron chi connectivity index (χ2n) is 5.71. The molecule has 0 amide bonds. The molecule has 0 saturated carbocycles. The highest BCUT2D eigenvalue weighted by Gasteiger charge is 2.10. The largest absolute Gasteiger partial charge is 0.490 e. The Morgan fingerprint density at radius 3 is 2.50 bits per heavy atom. The van der Waals surface area contributed by atoms with Crippen LogP contribution in [0.2, 0.25) is 0 Å². The molecule has 1 aliphatic rings. The van der Waals surface area contributed by atoms with Crippen LogP contribution in [0.3, 0.4) is 0 Å². The summed E-state index contributed by atoms with van der Waals surface area (Å²) in [6.45, 7) is 3.99. The Bertz CT molecular complexity index is 711. The van der Waals surface area contributed by atoms with Gasteiger partial charge in [0.1, 0.15) is 0 Å². The van der Waals surface area contributed by atoms with Gasteiger partial charge in [0.2, 0.25) is 0 Å². The summed E-state index contributed by atoms with van der Waals surface area (Å²) in [7, 11) is 0. The number of nitrogens with zero attached hydrogens (tertiary/aromatic N) is 1. The van der Waals surface area contributed by atoms with Crippen LogP contribution in [0, 0.1) is 0 Å². The topological polar surface area (TPSA) is 68.9 Å². The van der Waals surface area contributed by atoms with Crippen LogP contribution >= 0.6 is 0 Å². The Labute approximate surface area is 142 Å². The molecule has 1 heterocycles. The first kappa shape index (κ1) is 16.2. The summed E-state index contributed by atoms with van der Waals surface area (Å²) in [6, 6.07) is 14.1. The summed E-state index contributed by atoms with van der Waals surface area (Å²) in [6.07, 6.45) is 1.92. The van der Waals surface area contributed by atoms with E-state index in [4.69, 9.17) is 15.2 Å². The normalized spacial score (nSPS) is 14.1. The van der Waals surface area contributed by atoms with Crippen molar-refractivity contribution < 1.29 is 9.47 Å². The molecule has 1 aliphatic heterocycles. The minimum Gasteiger partial charge on any atom is -0.490 e. The lowest BCUT2D eigenvalue weighted by Crippen LogP contribution is -2.22. The number of aliphatic imine (C=N–C) groups is 1. The molecule has 3 N–H and O–H groups in total. The molecule has 0 aliphatic carbocycles. The van der Waals surface area contributed by atoms with Crippen molar-refractivity contribution in [2.24, 2.45) is 10.7 Å². The highest BCUT2D eigenvalue weighted by molar-refractivity contribution is 5.92. The predicted octanol–water partition coefficient (Wildman–Crippen LogP) is 3.34. The van der Waals surface area contributed by atoms with Crippen LogP contribution in [0.1, 0.15) is 24.5 Å². The van der Waals surface area contributed by atoms with Gasteiger partial charge in [0, 0.05) is 12.1 Å². The monoisotopic (exact) mass is 325 g/mol. The molecule has 2 aromatic carbocycles. The summed E-state index contributed by atoms with van der Waals surface area (Å²) in [4.78, 5) is 4.39. The number of nitrogens with one attached hydrogen (secondary N) is 1. The van der Waals surface area contributed by atoms with Crippen molar-refractivity contribution in [2.75, 3.05) is 18.5 Å². The van der Waals surface area contributed by atoms with Crippen LogP contribution in [0.4, 0.5) is 5.69 Å². The highest BCUT2D eigenvalue weighted by atomic mass is 16.5. The second kappa shape index (κ2) is 7.73. The SMILES string of the molecule is CCc1ccc(NC(N)=NCc2ccc3c(c2)OCCCO3)cc1. The number of rotatable bonds is 4. The van der Waals surface area contributed by atoms with Gasteiger partial charge in [-0.15, -0.1) is 0 Å². The Hall–Kier alpha value is -2.69. The molecule has 3 rings (SSSR count). The van der Waals surface area contributed by atoms with Crippen molar-refractivity contribution in [1.82, 2.24) is 0 Å². The van der Waals surface area contributed by atoms with Crippen molar-refractivity contribution in [3.05, 3.63) is 53.6 Å². The summed E-state index contributed by atoms with van der Waals surface area (Å²) >= 11 is 0. The number of aryl methyl sites for hydroxylation is 1. The van der Waals surface area contributed by atoms with Crippen LogP contribution in [0.25, 0.3) is 0 Å². The van der Waals surface area contributed by atoms with Gasteiger partial charge < -0.3 is 20.5 Å². The lowest BCUT2D eigenvalue weighted by atomic mass is 10.1. The van der Waals surface area contributed by atoms with Gasteiger partial charge in [-0.25, -0.2) is 4.99 Å². The smallest absolute Gasteiger partial charge is 0.193 e. The molecular formula is C19H23N3O2. The van der Waals surface area contributed by atoms with Crippen LogP contribution in [-0.2, 0) is 13.0 Å². The van der Waals surface area contributed by atoms with Gasteiger partial charge in [-0.1, -0.05) is 25.1 Å². The summed E-state index contributed by atoms with van der Waals surface area (Å²) in [5.41, 5.74) is 9.23. The fraction of sp³-hybridized carbons (Fsp3) is 0.316. The summed E-state index contributed by atoms with van der Waals surface area (Å²) < 4.78 is 11.3. The Morgan fingerprint density at radius 2 is 1.75 bits per heavy atom. The molecule has 5 heteroatoms. The molecule has 5 nitrogen and oxygen atoms in total. The molecule has 0 atom stereocenters. The molecule has 0 radical (unpaired) electrons. The van der Waals surface area contributed by atoms with E-state index in [9.17, 15) is 0 Å². The zero-order valence-corrected chi connectivity index (χ0v) is 13.9. The number of ether oxygens (including phenoxy) is 2. The number of nitrogens with two attached hydrogens (primary N) is 1. The van der Waals surface area contributed by atoms with Crippen molar-refractivity contribution in [3.63, 3.8) is 0 Å². The minimum atomic E-state index is 0.395. The van der Waals surface area contributed by atoms with Crippen molar-refractivity contribution >= 4 is 11.6 Å². The van der Waals surface area contributed by atoms with Crippen LogP contribution in [0.15, 0.2) is 47.5 Å². The van der Waals surface area contributed by atoms with E-state index in [-0.39, 0.29) is 0 Å². The van der Waals surface area contributed by atoms with Crippen molar-refractivity contribution in [2.45, 2.75) is 26.3 Å². The van der Waals surface area contributed by atoms with Crippen LogP contribution in [0.5, 0.6) is 11.5 Å². The van der Waals surface area contributed by atoms with Gasteiger partial charge in [0.15, 0.2) is 17.5 Å². The number of hydrogen-bond donors (Lipinski definition) is 2. The second-order valence-corrected chi connectivity index (χ2v) is 5.71. The number of fused-ring (bicyclic) bond motifs is 1. The fourth-order valence-electron chi connectivity index (χ4n) is 2.49. The number of guanidine groups is 1. The van der Waals surface area contributed by atoms with E-state index in [1.54, 1.807) is 0 Å². The van der Waals surface area contributed by atoms with Gasteiger partial charge in [-0.05, 0) is 41.8 Å². The number of anilines is 1. The molecule has 0 bridgehead atoms. The average molecular weight is 325 g/mol. The van der Waals surface area contributed by atoms with E-state index in [0.29, 0.717) is 25.7 Å². The molecule has 24 heavy (non-hydrogen) atoms. The maximum absolute atomic E-state index is 5.97. The molecule has 0 fully saturated rings. The molecular weight excluding hydrogens is 302 g/mol. The van der Waals surface area contributed by atoms with E-state index in [0.717, 1.165) is 35.6 Å². The quantitative estimate of drug-likeness (QED) is 0.668. The average Bonchev–Trinajstić information content (AvgIpc) is 2.85.